The first-order chi connectivity index (χ1) is 19.0. The van der Waals surface area contributed by atoms with E-state index in [4.69, 9.17) is 14.9 Å². The number of hydrogen-bond donors (Lipinski definition) is 3. The minimum absolute atomic E-state index is 0.128. The van der Waals surface area contributed by atoms with Crippen LogP contribution in [0.15, 0.2) is 65.5 Å². The van der Waals surface area contributed by atoms with Gasteiger partial charge < -0.3 is 25.5 Å². The number of pyridine rings is 1. The van der Waals surface area contributed by atoms with Gasteiger partial charge in [-0.05, 0) is 69.2 Å². The van der Waals surface area contributed by atoms with Crippen LogP contribution < -0.4 is 15.4 Å². The molecule has 0 bridgehead atoms. The SMILES string of the molecule is Cc1cc(CC(=O)N/C(C=N)=C/NC(C)(C)C)ccc1Oc1ccnc2ccc(S(=O)(=O)N3CCOCC3)cc12. The summed E-state index contributed by atoms with van der Waals surface area (Å²) in [7, 11) is -3.68. The molecule has 1 fully saturated rings. The van der Waals surface area contributed by atoms with E-state index in [-0.39, 0.29) is 22.8 Å². The highest BCUT2D eigenvalue weighted by atomic mass is 32.2. The van der Waals surface area contributed by atoms with Crippen molar-refractivity contribution in [1.29, 1.82) is 5.41 Å². The standard InChI is InChI=1S/C29H35N5O5S/c1-20-15-21(16-28(35)33-22(18-30)19-32-29(2,3)4)5-8-26(20)39-27-9-10-31-25-7-6-23(17-24(25)27)40(36,37)34-11-13-38-14-12-34/h5-10,15,17-19,30,32H,11-14,16H2,1-4H3,(H,33,35)/b22-19+,30-18?. The Balaban J connectivity index is 1.51. The molecule has 0 spiro atoms. The van der Waals surface area contributed by atoms with Crippen LogP contribution in [0.5, 0.6) is 11.5 Å². The first-order valence-electron chi connectivity index (χ1n) is 13.0. The highest BCUT2D eigenvalue weighted by molar-refractivity contribution is 7.89. The van der Waals surface area contributed by atoms with Gasteiger partial charge in [0.15, 0.2) is 0 Å². The number of aromatic nitrogens is 1. The van der Waals surface area contributed by atoms with Gasteiger partial charge in [0.25, 0.3) is 0 Å². The molecule has 40 heavy (non-hydrogen) atoms. The lowest BCUT2D eigenvalue weighted by Crippen LogP contribution is -2.40. The van der Waals surface area contributed by atoms with Crippen molar-refractivity contribution in [3.8, 4) is 11.5 Å². The maximum Gasteiger partial charge on any atom is 0.243 e. The van der Waals surface area contributed by atoms with Crippen molar-refractivity contribution in [3.05, 3.63) is 71.7 Å². The molecule has 0 radical (unpaired) electrons. The summed E-state index contributed by atoms with van der Waals surface area (Å²) >= 11 is 0. The number of ether oxygens (including phenoxy) is 2. The van der Waals surface area contributed by atoms with E-state index in [1.165, 1.54) is 4.31 Å². The van der Waals surface area contributed by atoms with E-state index in [0.717, 1.165) is 17.3 Å². The highest BCUT2D eigenvalue weighted by Gasteiger charge is 2.27. The van der Waals surface area contributed by atoms with Gasteiger partial charge in [0, 0.05) is 42.6 Å². The van der Waals surface area contributed by atoms with E-state index >= 15 is 0 Å². The second-order valence-corrected chi connectivity index (χ2v) is 12.5. The molecule has 10 nitrogen and oxygen atoms in total. The van der Waals surface area contributed by atoms with Gasteiger partial charge in [0.2, 0.25) is 15.9 Å². The molecule has 1 aliphatic rings. The minimum atomic E-state index is -3.68. The number of morpholine rings is 1. The Kier molecular flexibility index (Phi) is 8.87. The summed E-state index contributed by atoms with van der Waals surface area (Å²) in [6.45, 7) is 9.20. The number of amides is 1. The van der Waals surface area contributed by atoms with Crippen molar-refractivity contribution in [3.63, 3.8) is 0 Å². The zero-order chi connectivity index (χ0) is 28.9. The number of fused-ring (bicyclic) bond motifs is 1. The van der Waals surface area contributed by atoms with E-state index < -0.39 is 10.0 Å². The number of nitrogens with zero attached hydrogens (tertiary/aromatic N) is 2. The van der Waals surface area contributed by atoms with Gasteiger partial charge in [0.1, 0.15) is 11.5 Å². The molecular weight excluding hydrogens is 530 g/mol. The maximum absolute atomic E-state index is 13.2. The normalized spacial score (nSPS) is 15.1. The zero-order valence-electron chi connectivity index (χ0n) is 23.2. The molecular formula is C29H35N5O5S. The number of rotatable bonds is 9. The Morgan fingerprint density at radius 1 is 1.12 bits per heavy atom. The van der Waals surface area contributed by atoms with Gasteiger partial charge >= 0.3 is 0 Å². The fourth-order valence-electron chi connectivity index (χ4n) is 4.14. The second kappa shape index (κ2) is 12.2. The molecule has 0 saturated carbocycles. The number of benzene rings is 2. The molecule has 2 aromatic carbocycles. The van der Waals surface area contributed by atoms with Gasteiger partial charge in [-0.15, -0.1) is 0 Å². The van der Waals surface area contributed by atoms with Crippen molar-refractivity contribution < 1.29 is 22.7 Å². The van der Waals surface area contributed by atoms with E-state index in [0.29, 0.717) is 54.4 Å². The molecule has 0 atom stereocenters. The first-order valence-corrected chi connectivity index (χ1v) is 14.4. The van der Waals surface area contributed by atoms with Crippen molar-refractivity contribution in [2.24, 2.45) is 0 Å². The smallest absolute Gasteiger partial charge is 0.243 e. The lowest BCUT2D eigenvalue weighted by Gasteiger charge is -2.26. The van der Waals surface area contributed by atoms with E-state index in [2.05, 4.69) is 15.6 Å². The lowest BCUT2D eigenvalue weighted by atomic mass is 10.1. The molecule has 1 aliphatic heterocycles. The summed E-state index contributed by atoms with van der Waals surface area (Å²) in [4.78, 5) is 17.1. The summed E-state index contributed by atoms with van der Waals surface area (Å²) < 4.78 is 39.4. The van der Waals surface area contributed by atoms with Crippen LogP contribution in [0, 0.1) is 12.3 Å². The topological polar surface area (TPSA) is 134 Å². The van der Waals surface area contributed by atoms with Crippen LogP contribution in [-0.2, 0) is 26.0 Å². The number of nitrogens with one attached hydrogen (secondary N) is 3. The summed E-state index contributed by atoms with van der Waals surface area (Å²) in [6, 6.07) is 12.0. The fourth-order valence-corrected chi connectivity index (χ4v) is 5.57. The second-order valence-electron chi connectivity index (χ2n) is 10.6. The number of hydrogen-bond acceptors (Lipinski definition) is 8. The summed E-state index contributed by atoms with van der Waals surface area (Å²) in [5.41, 5.74) is 2.39. The average Bonchev–Trinajstić information content (AvgIpc) is 2.92. The van der Waals surface area contributed by atoms with Gasteiger partial charge in [-0.3, -0.25) is 9.78 Å². The van der Waals surface area contributed by atoms with Crippen molar-refractivity contribution in [1.82, 2.24) is 19.9 Å². The predicted molar refractivity (Wildman–Crippen MR) is 154 cm³/mol. The van der Waals surface area contributed by atoms with E-state index in [1.807, 2.05) is 33.8 Å². The molecule has 11 heteroatoms. The van der Waals surface area contributed by atoms with Gasteiger partial charge in [-0.1, -0.05) is 12.1 Å². The Morgan fingerprint density at radius 2 is 1.88 bits per heavy atom. The molecule has 0 aliphatic carbocycles. The molecule has 1 saturated heterocycles. The maximum atomic E-state index is 13.2. The van der Waals surface area contributed by atoms with Gasteiger partial charge in [-0.2, -0.15) is 4.31 Å². The summed E-state index contributed by atoms with van der Waals surface area (Å²) in [5, 5.41) is 14.0. The Bertz CT molecular complexity index is 1540. The predicted octanol–water partition coefficient (Wildman–Crippen LogP) is 3.89. The molecule has 1 amide bonds. The van der Waals surface area contributed by atoms with Gasteiger partial charge in [0.05, 0.1) is 35.7 Å². The summed E-state index contributed by atoms with van der Waals surface area (Å²) in [6.07, 6.45) is 4.45. The van der Waals surface area contributed by atoms with Crippen molar-refractivity contribution >= 4 is 33.0 Å². The Hall–Kier alpha value is -3.80. The van der Waals surface area contributed by atoms with Crippen LogP contribution in [-0.4, -0.2) is 61.7 Å². The van der Waals surface area contributed by atoms with E-state index in [1.54, 1.807) is 48.8 Å². The van der Waals surface area contributed by atoms with Crippen LogP contribution in [0.2, 0.25) is 0 Å². The third-order valence-corrected chi connectivity index (χ3v) is 8.10. The first kappa shape index (κ1) is 29.2. The molecule has 1 aromatic heterocycles. The number of allylic oxidation sites excluding steroid dienone is 1. The summed E-state index contributed by atoms with van der Waals surface area (Å²) in [5.74, 6) is 0.810. The molecule has 3 N–H and O–H groups in total. The third kappa shape index (κ3) is 7.23. The number of aryl methyl sites for hydroxylation is 1. The van der Waals surface area contributed by atoms with Gasteiger partial charge in [-0.25, -0.2) is 8.42 Å². The van der Waals surface area contributed by atoms with Crippen LogP contribution >= 0.6 is 0 Å². The van der Waals surface area contributed by atoms with Crippen LogP contribution in [0.3, 0.4) is 0 Å². The van der Waals surface area contributed by atoms with E-state index in [9.17, 15) is 13.2 Å². The monoisotopic (exact) mass is 565 g/mol. The molecule has 0 unspecified atom stereocenters. The highest BCUT2D eigenvalue weighted by Crippen LogP contribution is 2.33. The molecule has 3 aromatic rings. The van der Waals surface area contributed by atoms with Crippen LogP contribution in [0.4, 0.5) is 0 Å². The quantitative estimate of drug-likeness (QED) is 0.335. The lowest BCUT2D eigenvalue weighted by molar-refractivity contribution is -0.119. The van der Waals surface area contributed by atoms with Crippen LogP contribution in [0.25, 0.3) is 10.9 Å². The fraction of sp³-hybridized carbons (Fsp3) is 0.345. The molecule has 212 valence electrons. The number of sulfonamides is 1. The van der Waals surface area contributed by atoms with Crippen LogP contribution in [0.1, 0.15) is 31.9 Å². The Morgan fingerprint density at radius 3 is 2.55 bits per heavy atom. The largest absolute Gasteiger partial charge is 0.456 e. The zero-order valence-corrected chi connectivity index (χ0v) is 24.0. The third-order valence-electron chi connectivity index (χ3n) is 6.20. The minimum Gasteiger partial charge on any atom is -0.456 e. The van der Waals surface area contributed by atoms with Crippen molar-refractivity contribution in [2.45, 2.75) is 44.6 Å². The molecule has 2 heterocycles. The van der Waals surface area contributed by atoms with Crippen molar-refractivity contribution in [2.75, 3.05) is 26.3 Å². The number of carbonyl (C=O) groups is 1. The number of carbonyl (C=O) groups excluding carboxylic acids is 1. The average molecular weight is 566 g/mol. The molecule has 4 rings (SSSR count). The Labute approximate surface area is 234 Å².